The number of methoxy groups -OCH3 is 1. The minimum Gasteiger partial charge on any atom is -0.497 e. The molecule has 0 N–H and O–H groups in total. The average Bonchev–Trinajstić information content (AvgIpc) is 2.88. The molecule has 1 saturated heterocycles. The van der Waals surface area contributed by atoms with E-state index in [1.807, 2.05) is 42.5 Å². The highest BCUT2D eigenvalue weighted by Gasteiger charge is 2.47. The van der Waals surface area contributed by atoms with Crippen molar-refractivity contribution in [2.45, 2.75) is 17.7 Å². The summed E-state index contributed by atoms with van der Waals surface area (Å²) < 4.78 is 33.3. The lowest BCUT2D eigenvalue weighted by molar-refractivity contribution is -0.248. The fraction of sp³-hybridized carbons (Fsp3) is 0.167. The molecule has 1 unspecified atom stereocenters. The molecule has 5 rings (SSSR count). The van der Waals surface area contributed by atoms with Crippen LogP contribution in [0.25, 0.3) is 0 Å². The highest BCUT2D eigenvalue weighted by molar-refractivity contribution is 7.89. The normalized spacial score (nSPS) is 17.9. The molecule has 0 aliphatic carbocycles. The average molecular weight is 479 g/mol. The van der Waals surface area contributed by atoms with Gasteiger partial charge in [0.2, 0.25) is 0 Å². The third-order valence-corrected chi connectivity index (χ3v) is 7.36. The summed E-state index contributed by atoms with van der Waals surface area (Å²) in [6.45, 7) is -0.282. The summed E-state index contributed by atoms with van der Waals surface area (Å²) in [6, 6.07) is 22.7. The zero-order valence-corrected chi connectivity index (χ0v) is 19.1. The summed E-state index contributed by atoms with van der Waals surface area (Å²) in [6.07, 6.45) is 0.575. The number of fused-ring (bicyclic) bond motifs is 3. The van der Waals surface area contributed by atoms with E-state index in [2.05, 4.69) is 4.99 Å². The maximum absolute atomic E-state index is 13.6. The summed E-state index contributed by atoms with van der Waals surface area (Å²) >= 11 is 0. The lowest BCUT2D eigenvalue weighted by atomic mass is 10.1. The van der Waals surface area contributed by atoms with Gasteiger partial charge < -0.3 is 4.74 Å². The van der Waals surface area contributed by atoms with Crippen LogP contribution in [-0.4, -0.2) is 48.8 Å². The standard InChI is InChI=1S/C24H22N4O5S/c1-32-19-11-13-20(14-12-19)34(30,31)27-15-23(29)28(33-16-18-7-3-2-4-8-18)24-21-9-5-6-10-22(21)25-17-26(24)27/h2-14,17,24H,15-16H2,1H3. The molecule has 0 saturated carbocycles. The zero-order chi connectivity index (χ0) is 23.7. The molecule has 1 atom stereocenters. The van der Waals surface area contributed by atoms with Gasteiger partial charge >= 0.3 is 0 Å². The molecule has 0 bridgehead atoms. The molecule has 174 valence electrons. The smallest absolute Gasteiger partial charge is 0.265 e. The quantitative estimate of drug-likeness (QED) is 0.540. The van der Waals surface area contributed by atoms with Gasteiger partial charge in [-0.05, 0) is 35.9 Å². The Kier molecular flexibility index (Phi) is 5.78. The first-order valence-electron chi connectivity index (χ1n) is 10.6. The SMILES string of the molecule is COc1ccc(S(=O)(=O)N2CC(=O)N(OCc3ccccc3)C3c4ccccc4N=CN32)cc1. The Hall–Kier alpha value is -3.73. The van der Waals surface area contributed by atoms with Crippen LogP contribution in [0.3, 0.4) is 0 Å². The predicted octanol–water partition coefficient (Wildman–Crippen LogP) is 3.25. The van der Waals surface area contributed by atoms with Gasteiger partial charge in [0.05, 0.1) is 17.7 Å². The van der Waals surface area contributed by atoms with Gasteiger partial charge in [-0.3, -0.25) is 14.6 Å². The second-order valence-electron chi connectivity index (χ2n) is 7.70. The third kappa shape index (κ3) is 3.92. The van der Waals surface area contributed by atoms with Crippen LogP contribution < -0.4 is 4.74 Å². The fourth-order valence-corrected chi connectivity index (χ4v) is 5.29. The van der Waals surface area contributed by atoms with Crippen LogP contribution in [0.2, 0.25) is 0 Å². The van der Waals surface area contributed by atoms with Gasteiger partial charge in [0.25, 0.3) is 15.9 Å². The van der Waals surface area contributed by atoms with E-state index in [4.69, 9.17) is 9.57 Å². The first-order valence-corrected chi connectivity index (χ1v) is 12.0. The van der Waals surface area contributed by atoms with Crippen molar-refractivity contribution in [1.82, 2.24) is 14.5 Å². The summed E-state index contributed by atoms with van der Waals surface area (Å²) in [5.41, 5.74) is 2.17. The largest absolute Gasteiger partial charge is 0.497 e. The fourth-order valence-electron chi connectivity index (χ4n) is 3.91. The molecule has 2 heterocycles. The Morgan fingerprint density at radius 3 is 2.41 bits per heavy atom. The highest BCUT2D eigenvalue weighted by Crippen LogP contribution is 2.40. The van der Waals surface area contributed by atoms with E-state index in [0.29, 0.717) is 17.0 Å². The number of hydrogen-bond acceptors (Lipinski definition) is 7. The van der Waals surface area contributed by atoms with Gasteiger partial charge in [0.15, 0.2) is 6.17 Å². The van der Waals surface area contributed by atoms with Gasteiger partial charge in [-0.15, -0.1) is 0 Å². The van der Waals surface area contributed by atoms with Crippen LogP contribution in [0.5, 0.6) is 5.75 Å². The Morgan fingerprint density at radius 2 is 1.68 bits per heavy atom. The van der Waals surface area contributed by atoms with E-state index in [-0.39, 0.29) is 11.5 Å². The van der Waals surface area contributed by atoms with Crippen molar-refractivity contribution < 1.29 is 22.8 Å². The molecule has 0 spiro atoms. The number of ether oxygens (including phenoxy) is 1. The number of rotatable bonds is 6. The Labute approximate surface area is 197 Å². The van der Waals surface area contributed by atoms with Crippen LogP contribution in [0.1, 0.15) is 17.3 Å². The van der Waals surface area contributed by atoms with Gasteiger partial charge in [-0.1, -0.05) is 52.9 Å². The summed E-state index contributed by atoms with van der Waals surface area (Å²) in [5.74, 6) is 0.0415. The Morgan fingerprint density at radius 1 is 0.971 bits per heavy atom. The number of carbonyl (C=O) groups excluding carboxylic acids is 1. The summed E-state index contributed by atoms with van der Waals surface area (Å²) in [7, 11) is -2.57. The predicted molar refractivity (Wildman–Crippen MR) is 124 cm³/mol. The molecule has 0 radical (unpaired) electrons. The van der Waals surface area contributed by atoms with Crippen molar-refractivity contribution in [2.24, 2.45) is 4.99 Å². The van der Waals surface area contributed by atoms with Crippen molar-refractivity contribution in [3.63, 3.8) is 0 Å². The number of hydroxylamine groups is 2. The van der Waals surface area contributed by atoms with E-state index in [9.17, 15) is 13.2 Å². The Balaban J connectivity index is 1.52. The number of hydrazine groups is 1. The van der Waals surface area contributed by atoms with E-state index >= 15 is 0 Å². The number of aliphatic imine (C=N–C) groups is 1. The van der Waals surface area contributed by atoms with Crippen LogP contribution in [0, 0.1) is 0 Å². The minimum absolute atomic E-state index is 0.0331. The lowest BCUT2D eigenvalue weighted by Crippen LogP contribution is -2.62. The molecule has 0 aromatic heterocycles. The molecule has 1 amide bonds. The molecule has 3 aromatic rings. The number of benzene rings is 3. The first kappa shape index (κ1) is 22.1. The first-order chi connectivity index (χ1) is 16.5. The molecule has 1 fully saturated rings. The topological polar surface area (TPSA) is 91.8 Å². The molecule has 2 aliphatic heterocycles. The number of amides is 1. The zero-order valence-electron chi connectivity index (χ0n) is 18.3. The van der Waals surface area contributed by atoms with Crippen LogP contribution in [0.15, 0.2) is 88.8 Å². The Bertz CT molecular complexity index is 1330. The second-order valence-corrected chi connectivity index (χ2v) is 9.54. The number of carbonyl (C=O) groups is 1. The van der Waals surface area contributed by atoms with Crippen LogP contribution in [-0.2, 0) is 26.3 Å². The van der Waals surface area contributed by atoms with E-state index < -0.39 is 28.6 Å². The maximum Gasteiger partial charge on any atom is 0.265 e. The lowest BCUT2D eigenvalue weighted by Gasteiger charge is -2.47. The molecule has 34 heavy (non-hydrogen) atoms. The minimum atomic E-state index is -4.07. The van der Waals surface area contributed by atoms with Gasteiger partial charge in [0.1, 0.15) is 25.2 Å². The second kappa shape index (κ2) is 8.90. The number of nitrogens with zero attached hydrogens (tertiary/aromatic N) is 4. The van der Waals surface area contributed by atoms with Crippen molar-refractivity contribution in [2.75, 3.05) is 13.7 Å². The van der Waals surface area contributed by atoms with Crippen molar-refractivity contribution in [3.05, 3.63) is 90.0 Å². The van der Waals surface area contributed by atoms with Crippen molar-refractivity contribution in [1.29, 1.82) is 0 Å². The number of sulfonamides is 1. The van der Waals surface area contributed by atoms with Crippen LogP contribution >= 0.6 is 0 Å². The highest BCUT2D eigenvalue weighted by atomic mass is 32.2. The number of para-hydroxylation sites is 1. The van der Waals surface area contributed by atoms with E-state index in [0.717, 1.165) is 9.98 Å². The van der Waals surface area contributed by atoms with Crippen LogP contribution in [0.4, 0.5) is 5.69 Å². The molecular weight excluding hydrogens is 456 g/mol. The van der Waals surface area contributed by atoms with E-state index in [1.54, 1.807) is 24.3 Å². The van der Waals surface area contributed by atoms with Gasteiger partial charge in [0, 0.05) is 5.56 Å². The summed E-state index contributed by atoms with van der Waals surface area (Å²) in [4.78, 5) is 23.7. The van der Waals surface area contributed by atoms with E-state index in [1.165, 1.54) is 35.7 Å². The van der Waals surface area contributed by atoms with Gasteiger partial charge in [-0.2, -0.15) is 5.06 Å². The number of hydrogen-bond donors (Lipinski definition) is 0. The molecule has 3 aromatic carbocycles. The summed E-state index contributed by atoms with van der Waals surface area (Å²) in [5, 5.41) is 2.66. The molecule has 2 aliphatic rings. The monoisotopic (exact) mass is 478 g/mol. The van der Waals surface area contributed by atoms with Gasteiger partial charge in [-0.25, -0.2) is 13.4 Å². The van der Waals surface area contributed by atoms with Crippen molar-refractivity contribution in [3.8, 4) is 5.75 Å². The molecule has 9 nitrogen and oxygen atoms in total. The van der Waals surface area contributed by atoms with Crippen molar-refractivity contribution >= 4 is 28.0 Å². The molecular formula is C24H22N4O5S. The maximum atomic E-state index is 13.6. The molecule has 10 heteroatoms. The third-order valence-electron chi connectivity index (χ3n) is 5.62.